The summed E-state index contributed by atoms with van der Waals surface area (Å²) < 4.78 is 3.58. The summed E-state index contributed by atoms with van der Waals surface area (Å²) in [5, 5.41) is 12.6. The van der Waals surface area contributed by atoms with Gasteiger partial charge in [0.25, 0.3) is 0 Å². The predicted octanol–water partition coefficient (Wildman–Crippen LogP) is 2.02. The highest BCUT2D eigenvalue weighted by Gasteiger charge is 2.12. The first-order chi connectivity index (χ1) is 7.61. The molecule has 0 aliphatic carbocycles. The molecule has 1 unspecified atom stereocenters. The van der Waals surface area contributed by atoms with Crippen molar-refractivity contribution >= 4 is 15.9 Å². The van der Waals surface area contributed by atoms with Crippen molar-refractivity contribution in [3.63, 3.8) is 0 Å². The van der Waals surface area contributed by atoms with Gasteiger partial charge in [0.05, 0.1) is 28.6 Å². The summed E-state index contributed by atoms with van der Waals surface area (Å²) in [6.07, 6.45) is 4.76. The summed E-state index contributed by atoms with van der Waals surface area (Å²) in [5.74, 6) is 0. The number of hydrogen-bond acceptors (Lipinski definition) is 3. The SMILES string of the molecule is CCc1nn(C)cc1-n1cc(C(C)Br)nn1. The van der Waals surface area contributed by atoms with E-state index >= 15 is 0 Å². The van der Waals surface area contributed by atoms with Crippen LogP contribution in [0.25, 0.3) is 5.69 Å². The molecule has 0 radical (unpaired) electrons. The van der Waals surface area contributed by atoms with Gasteiger partial charge >= 0.3 is 0 Å². The fourth-order valence-electron chi connectivity index (χ4n) is 1.54. The van der Waals surface area contributed by atoms with Crippen LogP contribution in [0.15, 0.2) is 12.4 Å². The van der Waals surface area contributed by atoms with Crippen LogP contribution in [-0.2, 0) is 13.5 Å². The van der Waals surface area contributed by atoms with Gasteiger partial charge in [-0.25, -0.2) is 4.68 Å². The normalized spacial score (nSPS) is 13.0. The monoisotopic (exact) mass is 283 g/mol. The average molecular weight is 284 g/mol. The van der Waals surface area contributed by atoms with Crippen molar-refractivity contribution in [3.05, 3.63) is 23.8 Å². The minimum absolute atomic E-state index is 0.211. The van der Waals surface area contributed by atoms with E-state index in [1.165, 1.54) is 0 Å². The van der Waals surface area contributed by atoms with Gasteiger partial charge in [0.1, 0.15) is 5.69 Å². The third kappa shape index (κ3) is 2.02. The number of aryl methyl sites for hydroxylation is 2. The van der Waals surface area contributed by atoms with Crippen LogP contribution in [0.2, 0.25) is 0 Å². The first-order valence-electron chi connectivity index (χ1n) is 5.21. The number of hydrogen-bond donors (Lipinski definition) is 0. The Morgan fingerprint density at radius 3 is 2.75 bits per heavy atom. The molecular formula is C10H14BrN5. The van der Waals surface area contributed by atoms with Crippen molar-refractivity contribution in [2.24, 2.45) is 7.05 Å². The summed E-state index contributed by atoms with van der Waals surface area (Å²) in [5.41, 5.74) is 2.95. The zero-order valence-electron chi connectivity index (χ0n) is 9.55. The highest BCUT2D eigenvalue weighted by Crippen LogP contribution is 2.20. The molecule has 5 nitrogen and oxygen atoms in total. The molecule has 0 spiro atoms. The molecule has 6 heteroatoms. The number of nitrogens with zero attached hydrogens (tertiary/aromatic N) is 5. The Bertz CT molecular complexity index is 485. The zero-order valence-corrected chi connectivity index (χ0v) is 11.1. The second-order valence-corrected chi connectivity index (χ2v) is 5.07. The summed E-state index contributed by atoms with van der Waals surface area (Å²) in [6.45, 7) is 4.11. The molecule has 86 valence electrons. The van der Waals surface area contributed by atoms with E-state index in [2.05, 4.69) is 38.3 Å². The van der Waals surface area contributed by atoms with Gasteiger partial charge in [-0.3, -0.25) is 4.68 Å². The van der Waals surface area contributed by atoms with Gasteiger partial charge in [-0.1, -0.05) is 28.1 Å². The molecule has 1 atom stereocenters. The van der Waals surface area contributed by atoms with Gasteiger partial charge in [-0.15, -0.1) is 5.10 Å². The first-order valence-corrected chi connectivity index (χ1v) is 6.12. The lowest BCUT2D eigenvalue weighted by molar-refractivity contribution is 0.746. The fraction of sp³-hybridized carbons (Fsp3) is 0.500. The van der Waals surface area contributed by atoms with E-state index in [0.717, 1.165) is 23.5 Å². The molecule has 2 aromatic rings. The summed E-state index contributed by atoms with van der Waals surface area (Å²) in [4.78, 5) is 0.211. The topological polar surface area (TPSA) is 48.5 Å². The van der Waals surface area contributed by atoms with Crippen molar-refractivity contribution in [2.75, 3.05) is 0 Å². The second kappa shape index (κ2) is 4.37. The second-order valence-electron chi connectivity index (χ2n) is 3.69. The van der Waals surface area contributed by atoms with Crippen LogP contribution in [0.1, 0.15) is 30.1 Å². The van der Waals surface area contributed by atoms with E-state index in [0.29, 0.717) is 0 Å². The summed E-state index contributed by atoms with van der Waals surface area (Å²) in [7, 11) is 1.91. The minimum atomic E-state index is 0.211. The lowest BCUT2D eigenvalue weighted by atomic mass is 10.3. The third-order valence-corrected chi connectivity index (χ3v) is 2.85. The van der Waals surface area contributed by atoms with Crippen LogP contribution >= 0.6 is 15.9 Å². The van der Waals surface area contributed by atoms with Gasteiger partial charge in [0, 0.05) is 7.05 Å². The molecule has 0 aliphatic heterocycles. The number of alkyl halides is 1. The van der Waals surface area contributed by atoms with Crippen LogP contribution in [0, 0.1) is 0 Å². The van der Waals surface area contributed by atoms with Crippen LogP contribution < -0.4 is 0 Å². The van der Waals surface area contributed by atoms with Crippen molar-refractivity contribution in [3.8, 4) is 5.69 Å². The van der Waals surface area contributed by atoms with Gasteiger partial charge in [-0.2, -0.15) is 5.10 Å². The molecule has 2 aromatic heterocycles. The van der Waals surface area contributed by atoms with Gasteiger partial charge < -0.3 is 0 Å². The molecule has 0 N–H and O–H groups in total. The van der Waals surface area contributed by atoms with Crippen molar-refractivity contribution in [2.45, 2.75) is 25.1 Å². The largest absolute Gasteiger partial charge is 0.273 e. The summed E-state index contributed by atoms with van der Waals surface area (Å²) in [6, 6.07) is 0. The van der Waals surface area contributed by atoms with E-state index in [1.54, 1.807) is 9.36 Å². The maximum atomic E-state index is 4.38. The standard InChI is InChI=1S/C10H14BrN5/c1-4-8-10(6-15(3)13-8)16-5-9(7(2)11)12-14-16/h5-7H,4H2,1-3H3. The van der Waals surface area contributed by atoms with Crippen molar-refractivity contribution in [1.29, 1.82) is 0 Å². The number of aromatic nitrogens is 5. The zero-order chi connectivity index (χ0) is 11.7. The third-order valence-electron chi connectivity index (χ3n) is 2.38. The predicted molar refractivity (Wildman–Crippen MR) is 64.8 cm³/mol. The molecule has 0 fully saturated rings. The van der Waals surface area contributed by atoms with E-state index in [4.69, 9.17) is 0 Å². The number of halogens is 1. The van der Waals surface area contributed by atoms with Crippen molar-refractivity contribution < 1.29 is 0 Å². The van der Waals surface area contributed by atoms with E-state index in [9.17, 15) is 0 Å². The molecule has 0 saturated carbocycles. The Hall–Kier alpha value is -1.17. The Kier molecular flexibility index (Phi) is 3.09. The highest BCUT2D eigenvalue weighted by atomic mass is 79.9. The molecule has 0 amide bonds. The molecule has 2 rings (SSSR count). The van der Waals surface area contributed by atoms with E-state index < -0.39 is 0 Å². The van der Waals surface area contributed by atoms with Gasteiger partial charge in [0.2, 0.25) is 0 Å². The highest BCUT2D eigenvalue weighted by molar-refractivity contribution is 9.09. The van der Waals surface area contributed by atoms with E-state index in [1.807, 2.05) is 26.4 Å². The molecule has 2 heterocycles. The Morgan fingerprint density at radius 2 is 2.19 bits per heavy atom. The van der Waals surface area contributed by atoms with Gasteiger partial charge in [0.15, 0.2) is 0 Å². The van der Waals surface area contributed by atoms with Crippen LogP contribution in [0.3, 0.4) is 0 Å². The maximum absolute atomic E-state index is 4.38. The Balaban J connectivity index is 2.41. The van der Waals surface area contributed by atoms with Crippen molar-refractivity contribution in [1.82, 2.24) is 24.8 Å². The molecule has 16 heavy (non-hydrogen) atoms. The molecular weight excluding hydrogens is 270 g/mol. The lowest BCUT2D eigenvalue weighted by Crippen LogP contribution is -1.97. The van der Waals surface area contributed by atoms with Crippen LogP contribution in [-0.4, -0.2) is 24.8 Å². The minimum Gasteiger partial charge on any atom is -0.273 e. The van der Waals surface area contributed by atoms with Gasteiger partial charge in [-0.05, 0) is 13.3 Å². The lowest BCUT2D eigenvalue weighted by Gasteiger charge is -1.97. The van der Waals surface area contributed by atoms with E-state index in [-0.39, 0.29) is 4.83 Å². The summed E-state index contributed by atoms with van der Waals surface area (Å²) >= 11 is 3.47. The van der Waals surface area contributed by atoms with Crippen LogP contribution in [0.4, 0.5) is 0 Å². The quantitative estimate of drug-likeness (QED) is 0.810. The fourth-order valence-corrected chi connectivity index (χ4v) is 1.75. The Morgan fingerprint density at radius 1 is 1.44 bits per heavy atom. The maximum Gasteiger partial charge on any atom is 0.107 e. The van der Waals surface area contributed by atoms with Crippen LogP contribution in [0.5, 0.6) is 0 Å². The smallest absolute Gasteiger partial charge is 0.107 e. The average Bonchev–Trinajstić information content (AvgIpc) is 2.82. The number of rotatable bonds is 3. The molecule has 0 bridgehead atoms. The molecule has 0 saturated heterocycles. The Labute approximate surface area is 103 Å². The molecule has 0 aromatic carbocycles. The molecule has 0 aliphatic rings. The first kappa shape index (κ1) is 11.3.